The van der Waals surface area contributed by atoms with Crippen molar-refractivity contribution in [2.24, 2.45) is 11.3 Å². The van der Waals surface area contributed by atoms with Crippen LogP contribution in [-0.4, -0.2) is 121 Å². The number of nitrogens with one attached hydrogen (secondary N) is 2. The number of hydrogen-bond donors (Lipinski definition) is 4. The SMILES string of the molecule is CC1(C)CCC(c2ccc(Cl)cc2)=C(CN2CCN(c3ccc(C(=O)NS(=O)c4ccc(NCCSc5ccccc5)c(S(=O)(=O)C(F)(F)F)c4)cc3)CC2)C1.CCN1CCC(C(=O)OCP(O)O)CC1. The number of halogens is 4. The molecule has 2 aliphatic heterocycles. The number of allylic oxidation sites excluding steroid dienone is 1. The van der Waals surface area contributed by atoms with E-state index in [2.05, 4.69) is 57.6 Å². The number of sulfone groups is 1. The molecule has 386 valence electrons. The standard InChI is InChI=1S/C41H44ClF3N4O4S3.C9H18NO4P/c1-40(2)19-18-36(29-8-12-32(42)13-9-29)31(27-40)28-48-21-23-49(24-22-48)33-14-10-30(11-15-33)39(50)47-55(51)35-16-17-37(38(26-35)56(52,53)41(43,44)45)46-20-25-54-34-6-4-3-5-7-34;1-2-10-5-3-8(4-6-10)9(11)14-7-15(12)13/h3-17,26,46H,18-25,27-28H2,1-2H3,(H,47,50);8,12-13H,2-7H2,1H3. The van der Waals surface area contributed by atoms with Crippen molar-refractivity contribution in [2.45, 2.75) is 73.1 Å². The summed E-state index contributed by atoms with van der Waals surface area (Å²) in [7, 11) is -10.3. The predicted octanol–water partition coefficient (Wildman–Crippen LogP) is 9.59. The highest BCUT2D eigenvalue weighted by atomic mass is 35.5. The summed E-state index contributed by atoms with van der Waals surface area (Å²) in [5.41, 5.74) is -0.375. The van der Waals surface area contributed by atoms with Gasteiger partial charge in [0.1, 0.15) is 4.90 Å². The van der Waals surface area contributed by atoms with Crippen LogP contribution in [-0.2, 0) is 30.4 Å². The normalized spacial score (nSPS) is 17.6. The third-order valence-corrected chi connectivity index (χ3v) is 16.9. The lowest BCUT2D eigenvalue weighted by Gasteiger charge is -2.39. The van der Waals surface area contributed by atoms with Gasteiger partial charge in [-0.25, -0.2) is 12.6 Å². The third kappa shape index (κ3) is 16.2. The Morgan fingerprint density at radius 3 is 2.20 bits per heavy atom. The number of ether oxygens (including phenoxy) is 1. The minimum absolute atomic E-state index is 0.0669. The van der Waals surface area contributed by atoms with E-state index in [0.29, 0.717) is 11.8 Å². The van der Waals surface area contributed by atoms with Gasteiger partial charge in [-0.3, -0.25) is 19.2 Å². The molecule has 71 heavy (non-hydrogen) atoms. The first-order chi connectivity index (χ1) is 33.7. The van der Waals surface area contributed by atoms with Crippen LogP contribution in [0.5, 0.6) is 0 Å². The number of esters is 1. The van der Waals surface area contributed by atoms with E-state index in [0.717, 1.165) is 106 Å². The quantitative estimate of drug-likeness (QED) is 0.0342. The largest absolute Gasteiger partial charge is 0.501 e. The number of amides is 1. The highest BCUT2D eigenvalue weighted by molar-refractivity contribution is 7.99. The van der Waals surface area contributed by atoms with Crippen LogP contribution < -0.4 is 14.9 Å². The first-order valence-corrected chi connectivity index (χ1v) is 28.8. The molecule has 1 aliphatic carbocycles. The Hall–Kier alpha value is -4.04. The summed E-state index contributed by atoms with van der Waals surface area (Å²) in [6.07, 6.45) is 4.58. The second-order valence-corrected chi connectivity index (χ2v) is 24.0. The highest BCUT2D eigenvalue weighted by Crippen LogP contribution is 2.43. The van der Waals surface area contributed by atoms with Crippen LogP contribution >= 0.6 is 31.7 Å². The van der Waals surface area contributed by atoms with Crippen LogP contribution in [0, 0.1) is 11.3 Å². The molecular weight excluding hydrogens is 1020 g/mol. The molecule has 4 N–H and O–H groups in total. The Morgan fingerprint density at radius 2 is 1.58 bits per heavy atom. The Labute approximate surface area is 428 Å². The molecule has 0 radical (unpaired) electrons. The molecule has 2 heterocycles. The summed E-state index contributed by atoms with van der Waals surface area (Å²) in [5.74, 6) is -0.637. The number of alkyl halides is 3. The van der Waals surface area contributed by atoms with Gasteiger partial charge in [0.25, 0.3) is 15.7 Å². The molecule has 1 atom stereocenters. The molecule has 7 rings (SSSR count). The fraction of sp³-hybridized carbons (Fsp3) is 0.440. The summed E-state index contributed by atoms with van der Waals surface area (Å²) in [5, 5.41) is 3.49. The number of hydrogen-bond acceptors (Lipinski definition) is 13. The molecule has 3 aliphatic rings. The van der Waals surface area contributed by atoms with Gasteiger partial charge in [0.2, 0.25) is 8.38 Å². The Morgan fingerprint density at radius 1 is 0.915 bits per heavy atom. The number of carbonyl (C=O) groups excluding carboxylic acids is 2. The van der Waals surface area contributed by atoms with Crippen LogP contribution in [0.15, 0.2) is 117 Å². The number of anilines is 2. The number of carbonyl (C=O) groups is 2. The number of piperidine rings is 1. The zero-order chi connectivity index (χ0) is 51.3. The number of benzene rings is 4. The molecule has 0 aromatic heterocycles. The van der Waals surface area contributed by atoms with Crippen LogP contribution in [0.1, 0.15) is 68.8 Å². The molecule has 1 unspecified atom stereocenters. The zero-order valence-electron chi connectivity index (χ0n) is 40.0. The van der Waals surface area contributed by atoms with Crippen molar-refractivity contribution in [3.8, 4) is 0 Å². The lowest BCUT2D eigenvalue weighted by atomic mass is 9.73. The van der Waals surface area contributed by atoms with E-state index in [1.807, 2.05) is 54.6 Å². The fourth-order valence-corrected chi connectivity index (χ4v) is 11.7. The second kappa shape index (κ2) is 25.8. The second-order valence-electron chi connectivity index (χ2n) is 18.3. The van der Waals surface area contributed by atoms with Gasteiger partial charge in [-0.05, 0) is 135 Å². The minimum atomic E-state index is -5.81. The predicted molar refractivity (Wildman–Crippen MR) is 277 cm³/mol. The maximum atomic E-state index is 13.7. The van der Waals surface area contributed by atoms with E-state index in [1.54, 1.807) is 12.1 Å². The molecule has 2 saturated heterocycles. The summed E-state index contributed by atoms with van der Waals surface area (Å²) in [4.78, 5) is 48.4. The Bertz CT molecular complexity index is 2580. The molecule has 0 saturated carbocycles. The van der Waals surface area contributed by atoms with Gasteiger partial charge in [0, 0.05) is 66.2 Å². The van der Waals surface area contributed by atoms with Gasteiger partial charge in [-0.2, -0.15) is 13.2 Å². The van der Waals surface area contributed by atoms with Gasteiger partial charge in [-0.1, -0.05) is 68.3 Å². The fourth-order valence-electron chi connectivity index (χ4n) is 8.73. The molecular formula is C50H62ClF3N5O8PS3. The van der Waals surface area contributed by atoms with E-state index in [1.165, 1.54) is 34.5 Å². The average Bonchev–Trinajstić information content (AvgIpc) is 3.35. The topological polar surface area (TPSA) is 169 Å². The van der Waals surface area contributed by atoms with E-state index in [4.69, 9.17) is 26.1 Å². The molecule has 0 spiro atoms. The molecule has 13 nitrogen and oxygen atoms in total. The molecule has 1 amide bonds. The Balaban J connectivity index is 0.000000471. The lowest BCUT2D eigenvalue weighted by Crippen LogP contribution is -2.47. The number of thioether (sulfide) groups is 1. The van der Waals surface area contributed by atoms with Gasteiger partial charge < -0.3 is 29.6 Å². The van der Waals surface area contributed by atoms with E-state index in [9.17, 15) is 35.4 Å². The van der Waals surface area contributed by atoms with Crippen LogP contribution in [0.2, 0.25) is 5.02 Å². The van der Waals surface area contributed by atoms with Crippen molar-refractivity contribution in [3.05, 3.63) is 119 Å². The molecule has 0 bridgehead atoms. The minimum Gasteiger partial charge on any atom is -0.456 e. The van der Waals surface area contributed by atoms with E-state index in [-0.39, 0.29) is 46.3 Å². The number of likely N-dealkylation sites (tertiary alicyclic amines) is 1. The third-order valence-electron chi connectivity index (χ3n) is 12.7. The smallest absolute Gasteiger partial charge is 0.456 e. The number of nitrogens with zero attached hydrogens (tertiary/aromatic N) is 3. The van der Waals surface area contributed by atoms with Crippen LogP contribution in [0.3, 0.4) is 0 Å². The first kappa shape index (κ1) is 56.3. The van der Waals surface area contributed by atoms with Crippen molar-refractivity contribution < 1.29 is 49.9 Å². The summed E-state index contributed by atoms with van der Waals surface area (Å²) in [6.45, 7) is 14.0. The van der Waals surface area contributed by atoms with Crippen molar-refractivity contribution in [3.63, 3.8) is 0 Å². The van der Waals surface area contributed by atoms with Crippen LogP contribution in [0.4, 0.5) is 24.5 Å². The Kier molecular flexibility index (Phi) is 20.4. The van der Waals surface area contributed by atoms with Gasteiger partial charge in [-0.15, -0.1) is 11.8 Å². The highest BCUT2D eigenvalue weighted by Gasteiger charge is 2.48. The van der Waals surface area contributed by atoms with E-state index < -0.39 is 45.5 Å². The van der Waals surface area contributed by atoms with Gasteiger partial charge >= 0.3 is 11.5 Å². The molecule has 4 aromatic carbocycles. The lowest BCUT2D eigenvalue weighted by molar-refractivity contribution is -0.148. The maximum Gasteiger partial charge on any atom is 0.501 e. The molecule has 2 fully saturated rings. The van der Waals surface area contributed by atoms with Crippen molar-refractivity contribution in [1.29, 1.82) is 0 Å². The zero-order valence-corrected chi connectivity index (χ0v) is 44.1. The number of piperazine rings is 1. The summed E-state index contributed by atoms with van der Waals surface area (Å²) in [6, 6.07) is 27.3. The number of rotatable bonds is 17. The van der Waals surface area contributed by atoms with Gasteiger partial charge in [0.05, 0.1) is 16.5 Å². The molecule has 21 heteroatoms. The first-order valence-electron chi connectivity index (χ1n) is 23.4. The van der Waals surface area contributed by atoms with Crippen molar-refractivity contribution in [2.75, 3.05) is 81.2 Å². The maximum absolute atomic E-state index is 13.7. The average molecular weight is 1080 g/mol. The van der Waals surface area contributed by atoms with Crippen LogP contribution in [0.25, 0.3) is 5.57 Å². The molecule has 4 aromatic rings. The van der Waals surface area contributed by atoms with E-state index >= 15 is 0 Å². The van der Waals surface area contributed by atoms with Crippen molar-refractivity contribution >= 4 is 81.4 Å². The monoisotopic (exact) mass is 1080 g/mol. The summed E-state index contributed by atoms with van der Waals surface area (Å²) < 4.78 is 86.4. The van der Waals surface area contributed by atoms with Gasteiger partial charge in [0.15, 0.2) is 17.3 Å². The van der Waals surface area contributed by atoms with Crippen molar-refractivity contribution in [1.82, 2.24) is 14.5 Å². The summed E-state index contributed by atoms with van der Waals surface area (Å²) >= 11 is 7.62.